The van der Waals surface area contributed by atoms with Crippen LogP contribution < -0.4 is 10.6 Å². The number of likely N-dealkylation sites (tertiary alicyclic amines) is 1. The van der Waals surface area contributed by atoms with Crippen LogP contribution in [0.1, 0.15) is 31.4 Å². The minimum absolute atomic E-state index is 0. The maximum absolute atomic E-state index is 14.2. The van der Waals surface area contributed by atoms with Crippen LogP contribution in [0.2, 0.25) is 0 Å². The molecule has 0 spiro atoms. The second-order valence-electron chi connectivity index (χ2n) is 7.19. The number of carbonyl (C=O) groups excluding carboxylic acids is 2. The summed E-state index contributed by atoms with van der Waals surface area (Å²) >= 11 is 0. The normalized spacial score (nSPS) is 21.1. The van der Waals surface area contributed by atoms with Crippen LogP contribution in [0, 0.1) is 11.6 Å². The van der Waals surface area contributed by atoms with Crippen molar-refractivity contribution in [2.24, 2.45) is 0 Å². The van der Waals surface area contributed by atoms with Crippen molar-refractivity contribution in [3.05, 3.63) is 35.4 Å². The molecule has 6 nitrogen and oxygen atoms in total. The van der Waals surface area contributed by atoms with Crippen LogP contribution in [0.3, 0.4) is 0 Å². The topological polar surface area (TPSA) is 64.7 Å². The Morgan fingerprint density at radius 2 is 1.96 bits per heavy atom. The Kier molecular flexibility index (Phi) is 8.15. The van der Waals surface area contributed by atoms with E-state index in [0.717, 1.165) is 44.7 Å². The second-order valence-corrected chi connectivity index (χ2v) is 7.19. The van der Waals surface area contributed by atoms with Gasteiger partial charge in [0.05, 0.1) is 12.5 Å². The lowest BCUT2D eigenvalue weighted by atomic mass is 10.0. The van der Waals surface area contributed by atoms with Crippen LogP contribution >= 0.6 is 12.4 Å². The van der Waals surface area contributed by atoms with Crippen LogP contribution in [-0.2, 0) is 9.59 Å². The van der Waals surface area contributed by atoms with Gasteiger partial charge in [0, 0.05) is 63.9 Å². The third kappa shape index (κ3) is 5.62. The molecule has 156 valence electrons. The monoisotopic (exact) mass is 416 g/mol. The number of hydrogen-bond acceptors (Lipinski definition) is 4. The van der Waals surface area contributed by atoms with Crippen LogP contribution in [-0.4, -0.2) is 66.9 Å². The number of carbonyl (C=O) groups is 2. The average molecular weight is 417 g/mol. The molecule has 2 fully saturated rings. The van der Waals surface area contributed by atoms with Gasteiger partial charge in [-0.2, -0.15) is 0 Å². The molecule has 2 heterocycles. The zero-order chi connectivity index (χ0) is 19.4. The lowest BCUT2D eigenvalue weighted by molar-refractivity contribution is -0.131. The highest BCUT2D eigenvalue weighted by Gasteiger charge is 2.32. The summed E-state index contributed by atoms with van der Waals surface area (Å²) in [6.45, 7) is 6.49. The van der Waals surface area contributed by atoms with Crippen LogP contribution in [0.5, 0.6) is 0 Å². The predicted octanol–water partition coefficient (Wildman–Crippen LogP) is 1.46. The minimum atomic E-state index is -0.811. The lowest BCUT2D eigenvalue weighted by Gasteiger charge is -2.32. The van der Waals surface area contributed by atoms with E-state index in [2.05, 4.69) is 15.5 Å². The van der Waals surface area contributed by atoms with Crippen LogP contribution in [0.25, 0.3) is 0 Å². The molecule has 2 unspecified atom stereocenters. The van der Waals surface area contributed by atoms with Crippen molar-refractivity contribution in [2.75, 3.05) is 39.3 Å². The Balaban J connectivity index is 0.00000280. The number of rotatable bonds is 5. The smallest absolute Gasteiger partial charge is 0.225 e. The summed E-state index contributed by atoms with van der Waals surface area (Å²) in [5.41, 5.74) is 0.123. The molecular formula is C19H27ClF2N4O2. The van der Waals surface area contributed by atoms with Gasteiger partial charge in [-0.05, 0) is 12.5 Å². The van der Waals surface area contributed by atoms with Gasteiger partial charge in [0.1, 0.15) is 11.6 Å². The van der Waals surface area contributed by atoms with Crippen molar-refractivity contribution in [1.82, 2.24) is 20.4 Å². The second kappa shape index (κ2) is 10.1. The van der Waals surface area contributed by atoms with E-state index in [9.17, 15) is 18.4 Å². The lowest BCUT2D eigenvalue weighted by Crippen LogP contribution is -2.49. The Labute approximate surface area is 170 Å². The van der Waals surface area contributed by atoms with E-state index < -0.39 is 17.7 Å². The number of nitrogens with one attached hydrogen (secondary N) is 2. The number of piperazine rings is 1. The molecule has 9 heteroatoms. The predicted molar refractivity (Wildman–Crippen MR) is 104 cm³/mol. The molecule has 0 aliphatic carbocycles. The van der Waals surface area contributed by atoms with E-state index in [0.29, 0.717) is 19.1 Å². The van der Waals surface area contributed by atoms with Gasteiger partial charge < -0.3 is 15.5 Å². The number of amides is 2. The number of hydrogen-bond donors (Lipinski definition) is 2. The van der Waals surface area contributed by atoms with Gasteiger partial charge in [-0.15, -0.1) is 12.4 Å². The summed E-state index contributed by atoms with van der Waals surface area (Å²) in [4.78, 5) is 28.5. The molecule has 2 N–H and O–H groups in total. The fourth-order valence-corrected chi connectivity index (χ4v) is 3.89. The summed E-state index contributed by atoms with van der Waals surface area (Å²) in [7, 11) is 0. The summed E-state index contributed by atoms with van der Waals surface area (Å²) < 4.78 is 27.3. The van der Waals surface area contributed by atoms with Crippen LogP contribution in [0.4, 0.5) is 8.78 Å². The van der Waals surface area contributed by atoms with E-state index in [1.807, 2.05) is 0 Å². The summed E-state index contributed by atoms with van der Waals surface area (Å²) in [5, 5.41) is 5.94. The fraction of sp³-hybridized carbons (Fsp3) is 0.579. The zero-order valence-electron chi connectivity index (χ0n) is 15.9. The maximum Gasteiger partial charge on any atom is 0.225 e. The first-order chi connectivity index (χ1) is 12.9. The molecular weight excluding hydrogens is 390 g/mol. The first-order valence-electron chi connectivity index (χ1n) is 9.38. The van der Waals surface area contributed by atoms with E-state index in [4.69, 9.17) is 0 Å². The summed E-state index contributed by atoms with van der Waals surface area (Å²) in [5.74, 6) is -1.95. The zero-order valence-corrected chi connectivity index (χ0v) is 16.7. The Bertz CT molecular complexity index is 701. The molecule has 2 aliphatic rings. The number of nitrogens with zero attached hydrogens (tertiary/aromatic N) is 2. The van der Waals surface area contributed by atoms with Crippen molar-refractivity contribution >= 4 is 24.2 Å². The third-order valence-corrected chi connectivity index (χ3v) is 5.28. The van der Waals surface area contributed by atoms with Gasteiger partial charge >= 0.3 is 0 Å². The molecule has 3 rings (SSSR count). The highest BCUT2D eigenvalue weighted by Crippen LogP contribution is 2.24. The number of benzene rings is 1. The van der Waals surface area contributed by atoms with Gasteiger partial charge in [0.15, 0.2) is 0 Å². The van der Waals surface area contributed by atoms with Gasteiger partial charge in [0.2, 0.25) is 11.8 Å². The van der Waals surface area contributed by atoms with Gasteiger partial charge in [-0.3, -0.25) is 14.5 Å². The molecule has 1 aromatic carbocycles. The van der Waals surface area contributed by atoms with Crippen molar-refractivity contribution < 1.29 is 18.4 Å². The van der Waals surface area contributed by atoms with Gasteiger partial charge in [-0.25, -0.2) is 8.78 Å². The molecule has 2 atom stereocenters. The third-order valence-electron chi connectivity index (χ3n) is 5.28. The molecule has 0 radical (unpaired) electrons. The van der Waals surface area contributed by atoms with Crippen molar-refractivity contribution in [1.29, 1.82) is 0 Å². The molecule has 0 aromatic heterocycles. The van der Waals surface area contributed by atoms with Crippen molar-refractivity contribution in [2.45, 2.75) is 31.8 Å². The Hall–Kier alpha value is -1.77. The molecule has 0 bridgehead atoms. The minimum Gasteiger partial charge on any atom is -0.349 e. The van der Waals surface area contributed by atoms with E-state index in [1.54, 1.807) is 4.90 Å². The quantitative estimate of drug-likeness (QED) is 0.762. The molecule has 1 aromatic rings. The molecule has 2 amide bonds. The molecule has 2 aliphatic heterocycles. The van der Waals surface area contributed by atoms with Crippen LogP contribution in [0.15, 0.2) is 18.2 Å². The van der Waals surface area contributed by atoms with Crippen molar-refractivity contribution in [3.63, 3.8) is 0 Å². The van der Waals surface area contributed by atoms with E-state index in [1.165, 1.54) is 13.0 Å². The number of halogens is 3. The Morgan fingerprint density at radius 3 is 2.61 bits per heavy atom. The molecule has 28 heavy (non-hydrogen) atoms. The summed E-state index contributed by atoms with van der Waals surface area (Å²) in [6.07, 6.45) is 0.873. The highest BCUT2D eigenvalue weighted by atomic mass is 35.5. The first-order valence-corrected chi connectivity index (χ1v) is 9.38. The molecule has 0 saturated carbocycles. The SMILES string of the molecule is CC(=O)NC(CC(=O)N1CCC(N2CCNCC2)C1)c1ccc(F)cc1F.Cl. The summed E-state index contributed by atoms with van der Waals surface area (Å²) in [6, 6.07) is 2.72. The van der Waals surface area contributed by atoms with Gasteiger partial charge in [0.25, 0.3) is 0 Å². The standard InChI is InChI=1S/C19H26F2N4O2.ClH/c1-13(26)23-18(16-3-2-14(20)10-17(16)21)11-19(27)25-7-4-15(12-25)24-8-5-22-6-9-24;/h2-3,10,15,18,22H,4-9,11-12H2,1H3,(H,23,26);1H. The average Bonchev–Trinajstić information content (AvgIpc) is 3.12. The van der Waals surface area contributed by atoms with Crippen molar-refractivity contribution in [3.8, 4) is 0 Å². The largest absolute Gasteiger partial charge is 0.349 e. The Morgan fingerprint density at radius 1 is 1.25 bits per heavy atom. The van der Waals surface area contributed by atoms with E-state index in [-0.39, 0.29) is 36.2 Å². The van der Waals surface area contributed by atoms with Gasteiger partial charge in [-0.1, -0.05) is 6.07 Å². The van der Waals surface area contributed by atoms with E-state index >= 15 is 0 Å². The highest BCUT2D eigenvalue weighted by molar-refractivity contribution is 5.85. The molecule has 2 saturated heterocycles. The fourth-order valence-electron chi connectivity index (χ4n) is 3.89. The maximum atomic E-state index is 14.2. The first kappa shape index (κ1) is 22.5.